The lowest BCUT2D eigenvalue weighted by molar-refractivity contribution is -0.150. The van der Waals surface area contributed by atoms with Crippen molar-refractivity contribution in [2.75, 3.05) is 32.8 Å². The highest BCUT2D eigenvalue weighted by Gasteiger charge is 2.31. The molecule has 0 radical (unpaired) electrons. The van der Waals surface area contributed by atoms with Crippen molar-refractivity contribution in [3.63, 3.8) is 0 Å². The summed E-state index contributed by atoms with van der Waals surface area (Å²) in [6, 6.07) is 0. The number of ether oxygens (including phenoxy) is 1. The molecule has 0 saturated carbocycles. The number of morpholine rings is 1. The third-order valence-corrected chi connectivity index (χ3v) is 4.66. The van der Waals surface area contributed by atoms with Crippen molar-refractivity contribution in [3.05, 3.63) is 17.0 Å². The summed E-state index contributed by atoms with van der Waals surface area (Å²) >= 11 is 0. The Labute approximate surface area is 131 Å². The van der Waals surface area contributed by atoms with Gasteiger partial charge in [-0.3, -0.25) is 9.69 Å². The third-order valence-electron chi connectivity index (χ3n) is 4.66. The molecule has 2 aliphatic heterocycles. The average Bonchev–Trinajstić information content (AvgIpc) is 2.87. The molecule has 0 aromatic carbocycles. The van der Waals surface area contributed by atoms with Crippen molar-refractivity contribution in [2.45, 2.75) is 45.8 Å². The van der Waals surface area contributed by atoms with Gasteiger partial charge in [-0.05, 0) is 33.1 Å². The Morgan fingerprint density at radius 1 is 1.23 bits per heavy atom. The van der Waals surface area contributed by atoms with Crippen LogP contribution >= 0.6 is 0 Å². The number of hydrogen-bond acceptors (Lipinski definition) is 5. The molecule has 1 amide bonds. The second-order valence-electron chi connectivity index (χ2n) is 6.28. The number of aromatic nitrogens is 1. The smallest absolute Gasteiger partial charge is 0.253 e. The molecular weight excluding hydrogens is 282 g/mol. The van der Waals surface area contributed by atoms with Crippen LogP contribution in [0.4, 0.5) is 0 Å². The van der Waals surface area contributed by atoms with Crippen LogP contribution in [-0.4, -0.2) is 59.8 Å². The lowest BCUT2D eigenvalue weighted by atomic mass is 10.1. The van der Waals surface area contributed by atoms with Gasteiger partial charge in [0.25, 0.3) is 5.91 Å². The van der Waals surface area contributed by atoms with Crippen molar-refractivity contribution >= 4 is 5.91 Å². The Morgan fingerprint density at radius 2 is 2.00 bits per heavy atom. The molecule has 3 heterocycles. The molecule has 0 spiro atoms. The van der Waals surface area contributed by atoms with Gasteiger partial charge in [0, 0.05) is 38.3 Å². The molecule has 2 aliphatic rings. The molecule has 6 heteroatoms. The lowest BCUT2D eigenvalue weighted by Gasteiger charge is -2.36. The van der Waals surface area contributed by atoms with Crippen molar-refractivity contribution in [1.29, 1.82) is 0 Å². The maximum atomic E-state index is 12.6. The quantitative estimate of drug-likeness (QED) is 0.847. The van der Waals surface area contributed by atoms with Crippen molar-refractivity contribution in [3.8, 4) is 0 Å². The summed E-state index contributed by atoms with van der Waals surface area (Å²) in [5.74, 6) is 1.02. The normalized spacial score (nSPS) is 23.7. The van der Waals surface area contributed by atoms with Gasteiger partial charge < -0.3 is 14.2 Å². The average molecular weight is 307 g/mol. The van der Waals surface area contributed by atoms with Gasteiger partial charge in [-0.25, -0.2) is 0 Å². The zero-order chi connectivity index (χ0) is 15.5. The number of rotatable bonds is 3. The van der Waals surface area contributed by atoms with E-state index in [4.69, 9.17) is 9.26 Å². The predicted octanol–water partition coefficient (Wildman–Crippen LogP) is 1.50. The fourth-order valence-electron chi connectivity index (χ4n) is 3.26. The van der Waals surface area contributed by atoms with Gasteiger partial charge in [-0.2, -0.15) is 0 Å². The molecule has 1 atom stereocenters. The van der Waals surface area contributed by atoms with Gasteiger partial charge in [0.2, 0.25) is 0 Å². The highest BCUT2D eigenvalue weighted by atomic mass is 16.5. The molecule has 122 valence electrons. The fourth-order valence-corrected chi connectivity index (χ4v) is 3.26. The van der Waals surface area contributed by atoms with Gasteiger partial charge in [0.15, 0.2) is 0 Å². The topological polar surface area (TPSA) is 58.8 Å². The van der Waals surface area contributed by atoms with Gasteiger partial charge in [-0.15, -0.1) is 0 Å². The summed E-state index contributed by atoms with van der Waals surface area (Å²) in [5, 5.41) is 4.00. The standard InChI is InChI=1S/C16H25N3O3/c1-12-14(13(2)22-17-12)10-18-8-9-21-15(11-18)16(20)19-6-4-3-5-7-19/h15H,3-11H2,1-2H3. The minimum atomic E-state index is -0.327. The van der Waals surface area contributed by atoms with Gasteiger partial charge >= 0.3 is 0 Å². The number of amides is 1. The second kappa shape index (κ2) is 6.79. The van der Waals surface area contributed by atoms with Crippen LogP contribution < -0.4 is 0 Å². The number of piperidine rings is 1. The van der Waals surface area contributed by atoms with E-state index in [1.807, 2.05) is 18.7 Å². The summed E-state index contributed by atoms with van der Waals surface area (Å²) in [6.45, 7) is 8.52. The van der Waals surface area contributed by atoms with Crippen LogP contribution in [0.25, 0.3) is 0 Å². The molecule has 1 unspecified atom stereocenters. The Balaban J connectivity index is 1.60. The molecule has 1 aromatic heterocycles. The first-order valence-corrected chi connectivity index (χ1v) is 8.19. The van der Waals surface area contributed by atoms with Crippen LogP contribution in [-0.2, 0) is 16.1 Å². The van der Waals surface area contributed by atoms with E-state index in [9.17, 15) is 4.79 Å². The zero-order valence-electron chi connectivity index (χ0n) is 13.5. The molecule has 0 N–H and O–H groups in total. The van der Waals surface area contributed by atoms with E-state index in [0.29, 0.717) is 13.2 Å². The second-order valence-corrected chi connectivity index (χ2v) is 6.28. The van der Waals surface area contributed by atoms with Crippen LogP contribution in [0.2, 0.25) is 0 Å². The summed E-state index contributed by atoms with van der Waals surface area (Å²) in [6.07, 6.45) is 3.13. The Hall–Kier alpha value is -1.40. The first-order valence-electron chi connectivity index (χ1n) is 8.19. The van der Waals surface area contributed by atoms with E-state index in [2.05, 4.69) is 10.1 Å². The lowest BCUT2D eigenvalue weighted by Crippen LogP contribution is -2.51. The van der Waals surface area contributed by atoms with Crippen molar-refractivity contribution < 1.29 is 14.1 Å². The van der Waals surface area contributed by atoms with Crippen molar-refractivity contribution in [2.24, 2.45) is 0 Å². The Kier molecular flexibility index (Phi) is 4.78. The summed E-state index contributed by atoms with van der Waals surface area (Å²) < 4.78 is 11.0. The minimum absolute atomic E-state index is 0.156. The molecule has 2 fully saturated rings. The summed E-state index contributed by atoms with van der Waals surface area (Å²) in [5.41, 5.74) is 2.06. The molecule has 22 heavy (non-hydrogen) atoms. The Morgan fingerprint density at radius 3 is 2.68 bits per heavy atom. The third kappa shape index (κ3) is 3.33. The van der Waals surface area contributed by atoms with Gasteiger partial charge in [0.1, 0.15) is 11.9 Å². The van der Waals surface area contributed by atoms with Crippen LogP contribution in [0.1, 0.15) is 36.3 Å². The monoisotopic (exact) mass is 307 g/mol. The number of hydrogen-bond donors (Lipinski definition) is 0. The molecule has 6 nitrogen and oxygen atoms in total. The van der Waals surface area contributed by atoms with Crippen LogP contribution in [0.5, 0.6) is 0 Å². The molecular formula is C16H25N3O3. The predicted molar refractivity (Wildman–Crippen MR) is 81.4 cm³/mol. The minimum Gasteiger partial charge on any atom is -0.366 e. The number of likely N-dealkylation sites (tertiary alicyclic amines) is 1. The van der Waals surface area contributed by atoms with Gasteiger partial charge in [0.05, 0.1) is 12.3 Å². The highest BCUT2D eigenvalue weighted by molar-refractivity contribution is 5.81. The van der Waals surface area contributed by atoms with E-state index in [-0.39, 0.29) is 12.0 Å². The van der Waals surface area contributed by atoms with Crippen LogP contribution in [0.15, 0.2) is 4.52 Å². The number of aryl methyl sites for hydroxylation is 2. The molecule has 0 aliphatic carbocycles. The van der Waals surface area contributed by atoms with E-state index < -0.39 is 0 Å². The number of nitrogens with zero attached hydrogens (tertiary/aromatic N) is 3. The highest BCUT2D eigenvalue weighted by Crippen LogP contribution is 2.19. The summed E-state index contributed by atoms with van der Waals surface area (Å²) in [7, 11) is 0. The van der Waals surface area contributed by atoms with E-state index in [1.165, 1.54) is 6.42 Å². The zero-order valence-corrected chi connectivity index (χ0v) is 13.5. The molecule has 1 aromatic rings. The first kappa shape index (κ1) is 15.5. The molecule has 0 bridgehead atoms. The summed E-state index contributed by atoms with van der Waals surface area (Å²) in [4.78, 5) is 16.8. The maximum Gasteiger partial charge on any atom is 0.253 e. The maximum absolute atomic E-state index is 12.6. The van der Waals surface area contributed by atoms with Crippen LogP contribution in [0.3, 0.4) is 0 Å². The first-order chi connectivity index (χ1) is 10.6. The van der Waals surface area contributed by atoms with E-state index in [0.717, 1.165) is 56.0 Å². The van der Waals surface area contributed by atoms with Crippen molar-refractivity contribution in [1.82, 2.24) is 15.0 Å². The molecule has 3 rings (SSSR count). The van der Waals surface area contributed by atoms with E-state index in [1.54, 1.807) is 0 Å². The van der Waals surface area contributed by atoms with Crippen LogP contribution in [0, 0.1) is 13.8 Å². The van der Waals surface area contributed by atoms with E-state index >= 15 is 0 Å². The fraction of sp³-hybridized carbons (Fsp3) is 0.750. The Bertz CT molecular complexity index is 503. The van der Waals surface area contributed by atoms with Gasteiger partial charge in [-0.1, -0.05) is 5.16 Å². The SMILES string of the molecule is Cc1noc(C)c1CN1CCOC(C(=O)N2CCCCC2)C1. The largest absolute Gasteiger partial charge is 0.366 e. The number of carbonyl (C=O) groups excluding carboxylic acids is 1. The number of carbonyl (C=O) groups is 1. The molecule has 2 saturated heterocycles.